The zero-order chi connectivity index (χ0) is 17.0. The van der Waals surface area contributed by atoms with Crippen LogP contribution in [0.4, 0.5) is 11.5 Å². The van der Waals surface area contributed by atoms with E-state index in [9.17, 15) is 4.79 Å². The van der Waals surface area contributed by atoms with Gasteiger partial charge in [0.15, 0.2) is 11.5 Å². The molecule has 0 aliphatic heterocycles. The van der Waals surface area contributed by atoms with Gasteiger partial charge in [0.25, 0.3) is 5.56 Å². The summed E-state index contributed by atoms with van der Waals surface area (Å²) in [5, 5.41) is 17.9. The molecule has 23 heavy (non-hydrogen) atoms. The molecule has 0 amide bonds. The van der Waals surface area contributed by atoms with E-state index in [4.69, 9.17) is 9.78 Å². The van der Waals surface area contributed by atoms with Crippen molar-refractivity contribution < 1.29 is 9.78 Å². The van der Waals surface area contributed by atoms with E-state index in [0.29, 0.717) is 18.0 Å². The third kappa shape index (κ3) is 3.93. The third-order valence-corrected chi connectivity index (χ3v) is 3.13. The molecule has 0 spiro atoms. The van der Waals surface area contributed by atoms with E-state index in [0.717, 1.165) is 5.69 Å². The first-order chi connectivity index (χ1) is 10.8. The zero-order valence-electron chi connectivity index (χ0n) is 14.0. The number of rotatable bonds is 6. The highest BCUT2D eigenvalue weighted by Gasteiger charge is 2.24. The van der Waals surface area contributed by atoms with Crippen molar-refractivity contribution in [3.8, 4) is 0 Å². The van der Waals surface area contributed by atoms with Crippen LogP contribution in [0.1, 0.15) is 39.0 Å². The Morgan fingerprint density at radius 1 is 1.30 bits per heavy atom. The fourth-order valence-electron chi connectivity index (χ4n) is 1.94. The SMILES string of the molecule is CCOOCc1cn[nH]c1N=Nc1c(C(C)(C)C)[nH]n(C)c1=O. The Balaban J connectivity index is 2.28. The van der Waals surface area contributed by atoms with Crippen molar-refractivity contribution in [2.75, 3.05) is 6.61 Å². The van der Waals surface area contributed by atoms with Crippen LogP contribution >= 0.6 is 0 Å². The van der Waals surface area contributed by atoms with E-state index < -0.39 is 0 Å². The highest BCUT2D eigenvalue weighted by molar-refractivity contribution is 5.44. The highest BCUT2D eigenvalue weighted by atomic mass is 17.2. The number of H-pyrrole nitrogens is 2. The van der Waals surface area contributed by atoms with Crippen LogP contribution in [0.15, 0.2) is 21.2 Å². The Bertz CT molecular complexity index is 735. The summed E-state index contributed by atoms with van der Waals surface area (Å²) >= 11 is 0. The molecule has 0 saturated carbocycles. The van der Waals surface area contributed by atoms with Crippen LogP contribution in [0, 0.1) is 0 Å². The van der Waals surface area contributed by atoms with Crippen molar-refractivity contribution in [2.24, 2.45) is 17.3 Å². The summed E-state index contributed by atoms with van der Waals surface area (Å²) in [6, 6.07) is 0. The molecule has 2 aromatic heterocycles. The molecule has 0 bridgehead atoms. The lowest BCUT2D eigenvalue weighted by atomic mass is 9.91. The standard InChI is InChI=1S/C14H22N6O3/c1-6-22-23-8-9-7-15-17-12(9)18-16-10-11(14(2,3)4)19-20(5)13(10)21/h7,19H,6,8H2,1-5H3,(H,15,17). The molecular weight excluding hydrogens is 300 g/mol. The first-order valence-electron chi connectivity index (χ1n) is 7.32. The second-order valence-electron chi connectivity index (χ2n) is 6.06. The molecule has 2 N–H and O–H groups in total. The van der Waals surface area contributed by atoms with Crippen molar-refractivity contribution in [1.82, 2.24) is 20.0 Å². The summed E-state index contributed by atoms with van der Waals surface area (Å²) < 4.78 is 1.39. The Morgan fingerprint density at radius 2 is 2.04 bits per heavy atom. The lowest BCUT2D eigenvalue weighted by Gasteiger charge is -2.16. The van der Waals surface area contributed by atoms with E-state index >= 15 is 0 Å². The second kappa shape index (κ2) is 6.88. The van der Waals surface area contributed by atoms with E-state index in [1.807, 2.05) is 27.7 Å². The minimum Gasteiger partial charge on any atom is -0.297 e. The number of aryl methyl sites for hydroxylation is 1. The van der Waals surface area contributed by atoms with Crippen LogP contribution < -0.4 is 5.56 Å². The fourth-order valence-corrected chi connectivity index (χ4v) is 1.94. The monoisotopic (exact) mass is 322 g/mol. The van der Waals surface area contributed by atoms with E-state index in [1.54, 1.807) is 13.2 Å². The zero-order valence-corrected chi connectivity index (χ0v) is 14.0. The summed E-state index contributed by atoms with van der Waals surface area (Å²) in [4.78, 5) is 22.0. The van der Waals surface area contributed by atoms with E-state index in [-0.39, 0.29) is 23.3 Å². The number of hydrogen-bond acceptors (Lipinski definition) is 6. The summed E-state index contributed by atoms with van der Waals surface area (Å²) in [6.45, 7) is 8.45. The quantitative estimate of drug-likeness (QED) is 0.368. The first kappa shape index (κ1) is 17.1. The molecule has 0 saturated heterocycles. The maximum absolute atomic E-state index is 12.2. The number of aromatic nitrogens is 4. The molecular formula is C14H22N6O3. The van der Waals surface area contributed by atoms with Gasteiger partial charge in [-0.25, -0.2) is 9.78 Å². The van der Waals surface area contributed by atoms with Crippen LogP contribution in [0.2, 0.25) is 0 Å². The number of hydrogen-bond donors (Lipinski definition) is 2. The number of aromatic amines is 2. The average molecular weight is 322 g/mol. The van der Waals surface area contributed by atoms with Gasteiger partial charge in [-0.3, -0.25) is 19.7 Å². The van der Waals surface area contributed by atoms with Gasteiger partial charge in [-0.05, 0) is 6.92 Å². The van der Waals surface area contributed by atoms with Crippen molar-refractivity contribution in [2.45, 2.75) is 39.7 Å². The highest BCUT2D eigenvalue weighted by Crippen LogP contribution is 2.28. The average Bonchev–Trinajstić information content (AvgIpc) is 3.03. The van der Waals surface area contributed by atoms with E-state index in [1.165, 1.54) is 4.68 Å². The van der Waals surface area contributed by atoms with Gasteiger partial charge in [-0.1, -0.05) is 20.8 Å². The maximum Gasteiger partial charge on any atom is 0.294 e. The van der Waals surface area contributed by atoms with Crippen molar-refractivity contribution in [3.63, 3.8) is 0 Å². The van der Waals surface area contributed by atoms with Crippen LogP contribution in [0.25, 0.3) is 0 Å². The minimum atomic E-state index is -0.260. The summed E-state index contributed by atoms with van der Waals surface area (Å²) in [5.74, 6) is 0.424. The van der Waals surface area contributed by atoms with Gasteiger partial charge in [0.1, 0.15) is 6.61 Å². The van der Waals surface area contributed by atoms with Gasteiger partial charge in [0.2, 0.25) is 0 Å². The normalized spacial score (nSPS) is 12.4. The second-order valence-corrected chi connectivity index (χ2v) is 6.06. The molecule has 2 rings (SSSR count). The molecule has 0 atom stereocenters. The lowest BCUT2D eigenvalue weighted by Crippen LogP contribution is -2.12. The van der Waals surface area contributed by atoms with Gasteiger partial charge in [-0.15, -0.1) is 10.2 Å². The molecule has 2 heterocycles. The Kier molecular flexibility index (Phi) is 5.12. The molecule has 9 heteroatoms. The van der Waals surface area contributed by atoms with Crippen LogP contribution in [-0.2, 0) is 28.8 Å². The lowest BCUT2D eigenvalue weighted by molar-refractivity contribution is -0.300. The van der Waals surface area contributed by atoms with Crippen LogP contribution in [-0.4, -0.2) is 26.6 Å². The van der Waals surface area contributed by atoms with Crippen LogP contribution in [0.3, 0.4) is 0 Å². The Morgan fingerprint density at radius 3 is 2.70 bits per heavy atom. The van der Waals surface area contributed by atoms with Crippen molar-refractivity contribution >= 4 is 11.5 Å². The van der Waals surface area contributed by atoms with Gasteiger partial charge in [-0.2, -0.15) is 5.10 Å². The largest absolute Gasteiger partial charge is 0.297 e. The van der Waals surface area contributed by atoms with Crippen LogP contribution in [0.5, 0.6) is 0 Å². The maximum atomic E-state index is 12.2. The molecule has 0 aromatic carbocycles. The minimum absolute atomic E-state index is 0.190. The molecule has 126 valence electrons. The number of nitrogens with one attached hydrogen (secondary N) is 2. The predicted molar refractivity (Wildman–Crippen MR) is 83.9 cm³/mol. The van der Waals surface area contributed by atoms with Gasteiger partial charge < -0.3 is 0 Å². The molecule has 9 nitrogen and oxygen atoms in total. The summed E-state index contributed by atoms with van der Waals surface area (Å²) in [5.41, 5.74) is 1.20. The molecule has 0 aliphatic rings. The molecule has 0 fully saturated rings. The molecule has 2 aromatic rings. The fraction of sp³-hybridized carbons (Fsp3) is 0.571. The topological polar surface area (TPSA) is 110 Å². The Hall–Kier alpha value is -2.26. The summed E-state index contributed by atoms with van der Waals surface area (Å²) in [7, 11) is 1.65. The number of nitrogens with zero attached hydrogens (tertiary/aromatic N) is 4. The van der Waals surface area contributed by atoms with Crippen molar-refractivity contribution in [3.05, 3.63) is 27.8 Å². The van der Waals surface area contributed by atoms with Gasteiger partial charge >= 0.3 is 0 Å². The predicted octanol–water partition coefficient (Wildman–Crippen LogP) is 2.62. The van der Waals surface area contributed by atoms with Gasteiger partial charge in [0, 0.05) is 18.0 Å². The first-order valence-corrected chi connectivity index (χ1v) is 7.32. The smallest absolute Gasteiger partial charge is 0.294 e. The molecule has 0 unspecified atom stereocenters. The van der Waals surface area contributed by atoms with Crippen molar-refractivity contribution in [1.29, 1.82) is 0 Å². The molecule has 0 radical (unpaired) electrons. The third-order valence-electron chi connectivity index (χ3n) is 3.13. The number of azo groups is 1. The molecule has 0 aliphatic carbocycles. The Labute approximate surface area is 133 Å². The van der Waals surface area contributed by atoms with Gasteiger partial charge in [0.05, 0.1) is 18.5 Å². The summed E-state index contributed by atoms with van der Waals surface area (Å²) in [6.07, 6.45) is 1.58. The van der Waals surface area contributed by atoms with E-state index in [2.05, 4.69) is 25.5 Å².